The Kier molecular flexibility index (Phi) is 7.55. The predicted molar refractivity (Wildman–Crippen MR) is 120 cm³/mol. The second kappa shape index (κ2) is 10.1. The van der Waals surface area contributed by atoms with Gasteiger partial charge in [0.05, 0.1) is 17.6 Å². The quantitative estimate of drug-likeness (QED) is 0.691. The lowest BCUT2D eigenvalue weighted by Crippen LogP contribution is -2.35. The van der Waals surface area contributed by atoms with Crippen LogP contribution >= 0.6 is 0 Å². The van der Waals surface area contributed by atoms with E-state index in [9.17, 15) is 10.1 Å². The zero-order valence-corrected chi connectivity index (χ0v) is 17.3. The van der Waals surface area contributed by atoms with E-state index in [2.05, 4.69) is 33.9 Å². The van der Waals surface area contributed by atoms with Crippen molar-refractivity contribution in [2.45, 2.75) is 65.2 Å². The molecule has 1 aromatic heterocycles. The van der Waals surface area contributed by atoms with Gasteiger partial charge in [-0.1, -0.05) is 26.8 Å². The Morgan fingerprint density at radius 1 is 1.10 bits per heavy atom. The van der Waals surface area contributed by atoms with Crippen molar-refractivity contribution < 1.29 is 4.79 Å². The number of nitrogens with zero attached hydrogens (tertiary/aromatic N) is 4. The number of benzene rings is 1. The number of likely N-dealkylation sites (tertiary alicyclic amines) is 1. The van der Waals surface area contributed by atoms with Crippen LogP contribution in [0.5, 0.6) is 0 Å². The fraction of sp³-hybridized carbons (Fsp3) is 0.600. The van der Waals surface area contributed by atoms with Crippen LogP contribution in [0.1, 0.15) is 76.3 Å². The standard InChI is InChI=1S/C24H30N4O.CH4/c1-17-11-18(14-21(29)16-28-9-3-2-4-10-28)13-20(12-17)22-6-5-19(15-25)23-24(22)27-8-7-26-23;/h5-8,17-18,20H,2-4,9-14,16H2,1H3;1H4/t17-,18+,20-;/m0./s1. The summed E-state index contributed by atoms with van der Waals surface area (Å²) in [5.41, 5.74) is 3.31. The number of ketones is 1. The molecule has 5 nitrogen and oxygen atoms in total. The molecule has 30 heavy (non-hydrogen) atoms. The van der Waals surface area contributed by atoms with Crippen LogP contribution in [0.4, 0.5) is 0 Å². The molecule has 3 atom stereocenters. The van der Waals surface area contributed by atoms with E-state index in [1.165, 1.54) is 24.8 Å². The number of piperidine rings is 1. The Hall–Kier alpha value is -2.32. The molecule has 1 aliphatic carbocycles. The van der Waals surface area contributed by atoms with Crippen LogP contribution in [0.2, 0.25) is 0 Å². The first-order chi connectivity index (χ1) is 14.1. The van der Waals surface area contributed by atoms with Crippen LogP contribution in [0.15, 0.2) is 24.5 Å². The molecular formula is C25H34N4O. The van der Waals surface area contributed by atoms with Gasteiger partial charge in [0.15, 0.2) is 0 Å². The maximum atomic E-state index is 12.7. The van der Waals surface area contributed by atoms with Gasteiger partial charge in [0.1, 0.15) is 17.4 Å². The first kappa shape index (κ1) is 22.4. The minimum Gasteiger partial charge on any atom is -0.298 e. The number of hydrogen-bond acceptors (Lipinski definition) is 5. The van der Waals surface area contributed by atoms with Gasteiger partial charge in [0.25, 0.3) is 0 Å². The lowest BCUT2D eigenvalue weighted by molar-refractivity contribution is -0.121. The van der Waals surface area contributed by atoms with Crippen molar-refractivity contribution in [3.8, 4) is 6.07 Å². The van der Waals surface area contributed by atoms with Crippen molar-refractivity contribution in [2.75, 3.05) is 19.6 Å². The predicted octanol–water partition coefficient (Wildman–Crippen LogP) is 5.10. The summed E-state index contributed by atoms with van der Waals surface area (Å²) in [7, 11) is 0. The molecule has 0 unspecified atom stereocenters. The van der Waals surface area contributed by atoms with Gasteiger partial charge in [-0.15, -0.1) is 0 Å². The summed E-state index contributed by atoms with van der Waals surface area (Å²) < 4.78 is 0. The summed E-state index contributed by atoms with van der Waals surface area (Å²) in [5.74, 6) is 1.79. The smallest absolute Gasteiger partial charge is 0.147 e. The zero-order valence-electron chi connectivity index (χ0n) is 17.3. The van der Waals surface area contributed by atoms with Gasteiger partial charge in [-0.2, -0.15) is 5.26 Å². The van der Waals surface area contributed by atoms with E-state index in [0.29, 0.717) is 47.6 Å². The molecule has 1 aliphatic heterocycles. The maximum absolute atomic E-state index is 12.7. The van der Waals surface area contributed by atoms with E-state index in [-0.39, 0.29) is 7.43 Å². The molecule has 0 N–H and O–H groups in total. The van der Waals surface area contributed by atoms with Gasteiger partial charge in [-0.25, -0.2) is 0 Å². The molecule has 2 heterocycles. The summed E-state index contributed by atoms with van der Waals surface area (Å²) >= 11 is 0. The molecule has 1 aromatic carbocycles. The van der Waals surface area contributed by atoms with Crippen molar-refractivity contribution >= 4 is 16.8 Å². The van der Waals surface area contributed by atoms with Gasteiger partial charge < -0.3 is 0 Å². The van der Waals surface area contributed by atoms with E-state index in [4.69, 9.17) is 0 Å². The third-order valence-corrected chi connectivity index (χ3v) is 6.62. The molecule has 160 valence electrons. The van der Waals surface area contributed by atoms with Crippen molar-refractivity contribution in [2.24, 2.45) is 11.8 Å². The van der Waals surface area contributed by atoms with Gasteiger partial charge in [0.2, 0.25) is 0 Å². The molecule has 2 aromatic rings. The highest BCUT2D eigenvalue weighted by Crippen LogP contribution is 2.42. The molecule has 1 saturated carbocycles. The normalized spacial score (nSPS) is 24.7. The van der Waals surface area contributed by atoms with Gasteiger partial charge in [0, 0.05) is 18.8 Å². The molecule has 0 radical (unpaired) electrons. The van der Waals surface area contributed by atoms with Crippen LogP contribution in [0, 0.1) is 23.2 Å². The minimum atomic E-state index is 0. The third kappa shape index (κ3) is 5.05. The Morgan fingerprint density at radius 3 is 2.57 bits per heavy atom. The zero-order chi connectivity index (χ0) is 20.2. The van der Waals surface area contributed by atoms with E-state index >= 15 is 0 Å². The monoisotopic (exact) mass is 406 g/mol. The highest BCUT2D eigenvalue weighted by Gasteiger charge is 2.30. The highest BCUT2D eigenvalue weighted by atomic mass is 16.1. The Balaban J connectivity index is 0.00000256. The van der Waals surface area contributed by atoms with Crippen molar-refractivity contribution in [1.29, 1.82) is 5.26 Å². The van der Waals surface area contributed by atoms with Gasteiger partial charge in [-0.3, -0.25) is 19.7 Å². The molecule has 0 bridgehead atoms. The van der Waals surface area contributed by atoms with Crippen LogP contribution in [0.25, 0.3) is 11.0 Å². The van der Waals surface area contributed by atoms with Crippen LogP contribution in [-0.2, 0) is 4.79 Å². The molecule has 0 spiro atoms. The van der Waals surface area contributed by atoms with E-state index in [1.54, 1.807) is 12.4 Å². The molecule has 2 aliphatic rings. The molecule has 0 amide bonds. The summed E-state index contributed by atoms with van der Waals surface area (Å²) in [6.45, 7) is 5.07. The molecule has 1 saturated heterocycles. The molecule has 2 fully saturated rings. The Bertz CT molecular complexity index is 913. The number of hydrogen-bond donors (Lipinski definition) is 0. The van der Waals surface area contributed by atoms with Crippen LogP contribution < -0.4 is 0 Å². The molecular weight excluding hydrogens is 372 g/mol. The lowest BCUT2D eigenvalue weighted by Gasteiger charge is -2.34. The Morgan fingerprint density at radius 2 is 1.83 bits per heavy atom. The summed E-state index contributed by atoms with van der Waals surface area (Å²) in [6.07, 6.45) is 11.1. The lowest BCUT2D eigenvalue weighted by atomic mass is 9.71. The van der Waals surface area contributed by atoms with Crippen LogP contribution in [0.3, 0.4) is 0 Å². The second-order valence-electron chi connectivity index (χ2n) is 9.02. The van der Waals surface area contributed by atoms with Crippen LogP contribution in [-0.4, -0.2) is 40.3 Å². The van der Waals surface area contributed by atoms with Gasteiger partial charge in [-0.05, 0) is 74.6 Å². The maximum Gasteiger partial charge on any atom is 0.147 e. The van der Waals surface area contributed by atoms with E-state index < -0.39 is 0 Å². The number of rotatable bonds is 5. The average molecular weight is 407 g/mol. The number of aromatic nitrogens is 2. The fourth-order valence-corrected chi connectivity index (χ4v) is 5.42. The third-order valence-electron chi connectivity index (χ3n) is 6.62. The summed E-state index contributed by atoms with van der Waals surface area (Å²) in [4.78, 5) is 24.0. The minimum absolute atomic E-state index is 0. The van der Waals surface area contributed by atoms with Crippen molar-refractivity contribution in [1.82, 2.24) is 14.9 Å². The van der Waals surface area contributed by atoms with E-state index in [0.717, 1.165) is 37.9 Å². The number of fused-ring (bicyclic) bond motifs is 1. The topological polar surface area (TPSA) is 69.9 Å². The Labute approximate surface area is 180 Å². The SMILES string of the molecule is C.C[C@H]1C[C@@H](CC(=O)CN2CCCCC2)C[C@@H](c2ccc(C#N)c3nccnc23)C1. The first-order valence-corrected chi connectivity index (χ1v) is 11.0. The first-order valence-electron chi connectivity index (χ1n) is 11.0. The largest absolute Gasteiger partial charge is 0.298 e. The average Bonchev–Trinajstić information content (AvgIpc) is 2.73. The highest BCUT2D eigenvalue weighted by molar-refractivity contribution is 5.84. The number of carbonyl (C=O) groups is 1. The van der Waals surface area contributed by atoms with Gasteiger partial charge >= 0.3 is 0 Å². The molecule has 5 heteroatoms. The number of carbonyl (C=O) groups excluding carboxylic acids is 1. The summed E-state index contributed by atoms with van der Waals surface area (Å²) in [6, 6.07) is 6.17. The fourth-order valence-electron chi connectivity index (χ4n) is 5.42. The number of nitriles is 1. The second-order valence-corrected chi connectivity index (χ2v) is 9.02. The summed E-state index contributed by atoms with van der Waals surface area (Å²) in [5, 5.41) is 9.40. The van der Waals surface area contributed by atoms with E-state index in [1.807, 2.05) is 6.07 Å². The van der Waals surface area contributed by atoms with Crippen molar-refractivity contribution in [3.63, 3.8) is 0 Å². The van der Waals surface area contributed by atoms with Crippen molar-refractivity contribution in [3.05, 3.63) is 35.7 Å². The molecule has 4 rings (SSSR count). The number of Topliss-reactive ketones (excluding diaryl/α,β-unsaturated/α-hetero) is 1.